The molecule has 0 heterocycles. The molecule has 2 rings (SSSR count). The minimum Gasteiger partial charge on any atom is -0.387 e. The largest absolute Gasteiger partial charge is 0.387 e. The molecule has 0 unspecified atom stereocenters. The van der Waals surface area contributed by atoms with Gasteiger partial charge in [-0.05, 0) is 42.8 Å². The molecule has 3 N–H and O–H groups in total. The third-order valence-corrected chi connectivity index (χ3v) is 3.02. The fourth-order valence-electron chi connectivity index (χ4n) is 2.00. The van der Waals surface area contributed by atoms with Crippen LogP contribution in [-0.2, 0) is 4.79 Å². The van der Waals surface area contributed by atoms with E-state index in [0.717, 1.165) is 11.3 Å². The summed E-state index contributed by atoms with van der Waals surface area (Å²) in [5.41, 5.74) is 2.22. The average Bonchev–Trinajstić information content (AvgIpc) is 2.47. The van der Waals surface area contributed by atoms with E-state index in [9.17, 15) is 9.18 Å². The van der Waals surface area contributed by atoms with E-state index < -0.39 is 12.5 Å². The van der Waals surface area contributed by atoms with Gasteiger partial charge in [0, 0.05) is 17.4 Å². The molecule has 0 bridgehead atoms. The predicted octanol–water partition coefficient (Wildman–Crippen LogP) is 2.93. The van der Waals surface area contributed by atoms with E-state index in [2.05, 4.69) is 10.6 Å². The van der Waals surface area contributed by atoms with Crippen LogP contribution in [0.5, 0.6) is 0 Å². The number of amides is 1. The molecule has 0 radical (unpaired) electrons. The molecule has 110 valence electrons. The molecular weight excluding hydrogens is 271 g/mol. The molecule has 0 saturated carbocycles. The smallest absolute Gasteiger partial charge is 0.250 e. The van der Waals surface area contributed by atoms with Crippen molar-refractivity contribution in [3.8, 4) is 0 Å². The Balaban J connectivity index is 2.08. The molecule has 0 saturated heterocycles. The summed E-state index contributed by atoms with van der Waals surface area (Å²) in [4.78, 5) is 11.2. The number of benzene rings is 2. The van der Waals surface area contributed by atoms with E-state index in [4.69, 9.17) is 5.11 Å². The van der Waals surface area contributed by atoms with E-state index in [1.54, 1.807) is 24.3 Å². The number of aliphatic hydroxyl groups is 1. The van der Waals surface area contributed by atoms with Crippen LogP contribution in [0.2, 0.25) is 0 Å². The molecule has 2 aromatic rings. The van der Waals surface area contributed by atoms with Crippen molar-refractivity contribution in [3.05, 3.63) is 59.9 Å². The zero-order chi connectivity index (χ0) is 15.2. The van der Waals surface area contributed by atoms with Crippen LogP contribution in [0, 0.1) is 5.82 Å². The highest BCUT2D eigenvalue weighted by Crippen LogP contribution is 2.22. The predicted molar refractivity (Wildman–Crippen MR) is 80.6 cm³/mol. The number of carbonyl (C=O) groups is 1. The number of aliphatic hydroxyl groups excluding tert-OH is 1. The molecule has 0 spiro atoms. The lowest BCUT2D eigenvalue weighted by atomic mass is 10.1. The van der Waals surface area contributed by atoms with Crippen molar-refractivity contribution in [3.63, 3.8) is 0 Å². The van der Waals surface area contributed by atoms with Gasteiger partial charge in [-0.1, -0.05) is 18.2 Å². The van der Waals surface area contributed by atoms with Gasteiger partial charge >= 0.3 is 0 Å². The quantitative estimate of drug-likeness (QED) is 0.792. The van der Waals surface area contributed by atoms with E-state index in [1.807, 2.05) is 19.1 Å². The second-order valence-electron chi connectivity index (χ2n) is 4.71. The molecular formula is C16H17FN2O2. The number of hydrogen-bond acceptors (Lipinski definition) is 3. The summed E-state index contributed by atoms with van der Waals surface area (Å²) in [6, 6.07) is 13.4. The molecule has 0 aliphatic carbocycles. The molecule has 2 aromatic carbocycles. The Hall–Kier alpha value is -2.40. The maximum Gasteiger partial charge on any atom is 0.250 e. The first kappa shape index (κ1) is 15.0. The van der Waals surface area contributed by atoms with Crippen LogP contribution in [0.25, 0.3) is 0 Å². The van der Waals surface area contributed by atoms with E-state index in [1.165, 1.54) is 12.1 Å². The van der Waals surface area contributed by atoms with Crippen molar-refractivity contribution in [2.45, 2.75) is 13.0 Å². The summed E-state index contributed by atoms with van der Waals surface area (Å²) < 4.78 is 13.2. The van der Waals surface area contributed by atoms with Crippen LogP contribution in [0.1, 0.15) is 18.5 Å². The number of carbonyl (C=O) groups excluding carboxylic acids is 1. The SMILES string of the molecule is C[C@@H](Nc1cccc(NC(=O)CO)c1)c1cccc(F)c1. The Kier molecular flexibility index (Phi) is 4.90. The number of hydrogen-bond donors (Lipinski definition) is 3. The first-order valence-corrected chi connectivity index (χ1v) is 6.61. The molecule has 1 amide bonds. The monoisotopic (exact) mass is 288 g/mol. The Morgan fingerprint density at radius 3 is 2.62 bits per heavy atom. The lowest BCUT2D eigenvalue weighted by Gasteiger charge is -2.16. The molecule has 1 atom stereocenters. The number of anilines is 2. The fraction of sp³-hybridized carbons (Fsp3) is 0.188. The highest BCUT2D eigenvalue weighted by molar-refractivity contribution is 5.91. The van der Waals surface area contributed by atoms with Crippen LogP contribution in [-0.4, -0.2) is 17.6 Å². The zero-order valence-corrected chi connectivity index (χ0v) is 11.6. The van der Waals surface area contributed by atoms with Crippen molar-refractivity contribution >= 4 is 17.3 Å². The van der Waals surface area contributed by atoms with Gasteiger partial charge in [0.25, 0.3) is 0 Å². The molecule has 0 aromatic heterocycles. The van der Waals surface area contributed by atoms with Crippen LogP contribution in [0.4, 0.5) is 15.8 Å². The van der Waals surface area contributed by atoms with Crippen molar-refractivity contribution in [2.75, 3.05) is 17.2 Å². The highest BCUT2D eigenvalue weighted by Gasteiger charge is 2.07. The zero-order valence-electron chi connectivity index (χ0n) is 11.6. The lowest BCUT2D eigenvalue weighted by Crippen LogP contribution is -2.15. The van der Waals surface area contributed by atoms with Crippen molar-refractivity contribution in [2.24, 2.45) is 0 Å². The minimum atomic E-state index is -0.558. The van der Waals surface area contributed by atoms with Gasteiger partial charge in [0.1, 0.15) is 12.4 Å². The normalized spacial score (nSPS) is 11.8. The first-order chi connectivity index (χ1) is 10.1. The van der Waals surface area contributed by atoms with E-state index >= 15 is 0 Å². The van der Waals surface area contributed by atoms with Crippen LogP contribution in [0.3, 0.4) is 0 Å². The van der Waals surface area contributed by atoms with Crippen LogP contribution < -0.4 is 10.6 Å². The molecule has 0 fully saturated rings. The summed E-state index contributed by atoms with van der Waals surface area (Å²) in [6.07, 6.45) is 0. The van der Waals surface area contributed by atoms with Gasteiger partial charge in [0.15, 0.2) is 0 Å². The fourth-order valence-corrected chi connectivity index (χ4v) is 2.00. The van der Waals surface area contributed by atoms with E-state index in [0.29, 0.717) is 5.69 Å². The maximum absolute atomic E-state index is 13.2. The standard InChI is InChI=1S/C16H17FN2O2/c1-11(12-4-2-5-13(17)8-12)18-14-6-3-7-15(9-14)19-16(21)10-20/h2-9,11,18,20H,10H2,1H3,(H,19,21)/t11-/m1/s1. The topological polar surface area (TPSA) is 61.4 Å². The highest BCUT2D eigenvalue weighted by atomic mass is 19.1. The summed E-state index contributed by atoms with van der Waals surface area (Å²) in [5, 5.41) is 14.5. The van der Waals surface area contributed by atoms with E-state index in [-0.39, 0.29) is 11.9 Å². The third-order valence-electron chi connectivity index (χ3n) is 3.02. The second-order valence-corrected chi connectivity index (χ2v) is 4.71. The molecule has 5 heteroatoms. The van der Waals surface area contributed by atoms with Gasteiger partial charge in [0.05, 0.1) is 0 Å². The first-order valence-electron chi connectivity index (χ1n) is 6.61. The summed E-state index contributed by atoms with van der Waals surface area (Å²) in [7, 11) is 0. The van der Waals surface area contributed by atoms with Gasteiger partial charge in [-0.15, -0.1) is 0 Å². The summed E-state index contributed by atoms with van der Waals surface area (Å²) in [6.45, 7) is 1.37. The van der Waals surface area contributed by atoms with Crippen LogP contribution in [0.15, 0.2) is 48.5 Å². The van der Waals surface area contributed by atoms with Crippen molar-refractivity contribution in [1.29, 1.82) is 0 Å². The Morgan fingerprint density at radius 1 is 1.19 bits per heavy atom. The van der Waals surface area contributed by atoms with Crippen molar-refractivity contribution < 1.29 is 14.3 Å². The number of rotatable bonds is 5. The Bertz CT molecular complexity index is 631. The maximum atomic E-state index is 13.2. The number of nitrogens with one attached hydrogen (secondary N) is 2. The molecule has 21 heavy (non-hydrogen) atoms. The number of halogens is 1. The molecule has 0 aliphatic rings. The van der Waals surface area contributed by atoms with Gasteiger partial charge < -0.3 is 15.7 Å². The average molecular weight is 288 g/mol. The molecule has 4 nitrogen and oxygen atoms in total. The van der Waals surface area contributed by atoms with Crippen molar-refractivity contribution in [1.82, 2.24) is 0 Å². The second kappa shape index (κ2) is 6.85. The molecule has 0 aliphatic heterocycles. The van der Waals surface area contributed by atoms with Gasteiger partial charge in [-0.25, -0.2) is 4.39 Å². The minimum absolute atomic E-state index is 0.0792. The lowest BCUT2D eigenvalue weighted by molar-refractivity contribution is -0.118. The third kappa shape index (κ3) is 4.29. The Labute approximate surface area is 122 Å². The summed E-state index contributed by atoms with van der Waals surface area (Å²) in [5.74, 6) is -0.740. The van der Waals surface area contributed by atoms with Gasteiger partial charge in [-0.3, -0.25) is 4.79 Å². The van der Waals surface area contributed by atoms with Crippen LogP contribution >= 0.6 is 0 Å². The van der Waals surface area contributed by atoms with Gasteiger partial charge in [-0.2, -0.15) is 0 Å². The summed E-state index contributed by atoms with van der Waals surface area (Å²) >= 11 is 0. The Morgan fingerprint density at radius 2 is 1.90 bits per heavy atom. The van der Waals surface area contributed by atoms with Gasteiger partial charge in [0.2, 0.25) is 5.91 Å².